The van der Waals surface area contributed by atoms with Gasteiger partial charge in [0.15, 0.2) is 23.5 Å². The minimum atomic E-state index is -1.25. The van der Waals surface area contributed by atoms with Crippen LogP contribution < -0.4 is 0 Å². The summed E-state index contributed by atoms with van der Waals surface area (Å²) in [6, 6.07) is 0. The predicted molar refractivity (Wildman–Crippen MR) is 49.0 cm³/mol. The van der Waals surface area contributed by atoms with Crippen LogP contribution in [0.4, 0.5) is 0 Å². The first-order valence-electron chi connectivity index (χ1n) is 3.92. The molecule has 4 N–H and O–H groups in total. The monoisotopic (exact) mass is 242 g/mol. The zero-order chi connectivity index (χ0) is 10.3. The highest BCUT2D eigenvalue weighted by molar-refractivity contribution is 8.04. The topological polar surface area (TPSA) is 99.4 Å². The summed E-state index contributed by atoms with van der Waals surface area (Å²) in [5.41, 5.74) is -3.20. The second-order valence-electron chi connectivity index (χ2n) is 2.84. The summed E-state index contributed by atoms with van der Waals surface area (Å²) in [6.07, 6.45) is -2.49. The zero-order valence-electron chi connectivity index (χ0n) is 6.89. The van der Waals surface area contributed by atoms with E-state index in [-0.39, 0.29) is 0 Å². The Kier molecular flexibility index (Phi) is 3.24. The largest absolute Gasteiger partial charge is 0.377 e. The van der Waals surface area contributed by atoms with Gasteiger partial charge in [0.1, 0.15) is 10.9 Å². The van der Waals surface area contributed by atoms with Gasteiger partial charge in [-0.25, -0.2) is 0 Å². The summed E-state index contributed by atoms with van der Waals surface area (Å²) in [6.45, 7) is 0. The van der Waals surface area contributed by atoms with Crippen LogP contribution in [0, 0.1) is 0 Å². The molecule has 0 bridgehead atoms. The van der Waals surface area contributed by atoms with Gasteiger partial charge >= 0.3 is 0 Å². The van der Waals surface area contributed by atoms with E-state index < -0.39 is 34.3 Å². The molecular formula is C6H10O6S2. The molecule has 2 saturated heterocycles. The lowest BCUT2D eigenvalue weighted by atomic mass is 10.6. The number of rotatable bonds is 1. The molecule has 0 saturated carbocycles. The van der Waals surface area contributed by atoms with Crippen LogP contribution >= 0.6 is 23.5 Å². The summed E-state index contributed by atoms with van der Waals surface area (Å²) in [5, 5.41) is 36.5. The van der Waals surface area contributed by atoms with Crippen LogP contribution in [0.25, 0.3) is 0 Å². The molecule has 14 heavy (non-hydrogen) atoms. The highest BCUT2D eigenvalue weighted by Crippen LogP contribution is 2.42. The third kappa shape index (κ3) is 2.02. The van der Waals surface area contributed by atoms with Gasteiger partial charge in [-0.2, -0.15) is 0 Å². The fourth-order valence-electron chi connectivity index (χ4n) is 1.14. The molecule has 0 spiro atoms. The molecule has 6 nitrogen and oxygen atoms in total. The minimum Gasteiger partial charge on any atom is -0.377 e. The number of hydrogen-bond donors (Lipinski definition) is 4. The predicted octanol–water partition coefficient (Wildman–Crippen LogP) is -1.56. The molecule has 0 aromatic carbocycles. The molecule has 0 aromatic heterocycles. The van der Waals surface area contributed by atoms with Gasteiger partial charge in [-0.3, -0.25) is 0 Å². The van der Waals surface area contributed by atoms with Crippen LogP contribution in [0.2, 0.25) is 0 Å². The van der Waals surface area contributed by atoms with Crippen molar-refractivity contribution in [3.05, 3.63) is 0 Å². The van der Waals surface area contributed by atoms with Gasteiger partial charge in [-0.05, 0) is 0 Å². The van der Waals surface area contributed by atoms with E-state index in [1.165, 1.54) is 0 Å². The Bertz CT molecular complexity index is 174. The van der Waals surface area contributed by atoms with Crippen molar-refractivity contribution in [3.63, 3.8) is 0 Å². The van der Waals surface area contributed by atoms with Crippen molar-refractivity contribution < 1.29 is 29.9 Å². The van der Waals surface area contributed by atoms with Crippen molar-refractivity contribution in [2.45, 2.75) is 34.3 Å². The lowest BCUT2D eigenvalue weighted by Crippen LogP contribution is -2.24. The lowest BCUT2D eigenvalue weighted by molar-refractivity contribution is -0.171. The van der Waals surface area contributed by atoms with Gasteiger partial charge in [-0.1, -0.05) is 23.5 Å². The third-order valence-electron chi connectivity index (χ3n) is 1.80. The van der Waals surface area contributed by atoms with Crippen molar-refractivity contribution in [2.75, 3.05) is 0 Å². The Hall–Kier alpha value is 0.460. The Labute approximate surface area is 88.2 Å². The molecule has 2 heterocycles. The SMILES string of the molecule is O[C@@H]1O[C@@H]([C@H]2O[C@H](O)[C@@H](O)S2)S[C@H]1O. The summed E-state index contributed by atoms with van der Waals surface area (Å²) < 4.78 is 9.91. The summed E-state index contributed by atoms with van der Waals surface area (Å²) >= 11 is 1.98. The Morgan fingerprint density at radius 1 is 0.714 bits per heavy atom. The number of ether oxygens (including phenoxy) is 2. The molecule has 6 atom stereocenters. The van der Waals surface area contributed by atoms with E-state index in [0.717, 1.165) is 23.5 Å². The molecule has 8 heteroatoms. The fraction of sp³-hybridized carbons (Fsp3) is 1.00. The van der Waals surface area contributed by atoms with E-state index in [9.17, 15) is 0 Å². The number of hydrogen-bond acceptors (Lipinski definition) is 8. The van der Waals surface area contributed by atoms with E-state index in [1.54, 1.807) is 0 Å². The molecule has 0 amide bonds. The molecule has 2 fully saturated rings. The Balaban J connectivity index is 1.92. The number of aliphatic hydroxyl groups is 4. The minimum absolute atomic E-state index is 0.586. The maximum absolute atomic E-state index is 9.16. The van der Waals surface area contributed by atoms with Gasteiger partial charge in [0.2, 0.25) is 0 Å². The maximum atomic E-state index is 9.16. The maximum Gasteiger partial charge on any atom is 0.192 e. The van der Waals surface area contributed by atoms with Gasteiger partial charge in [0.05, 0.1) is 0 Å². The molecule has 0 aliphatic carbocycles. The highest BCUT2D eigenvalue weighted by Gasteiger charge is 2.45. The Morgan fingerprint density at radius 2 is 1.07 bits per heavy atom. The van der Waals surface area contributed by atoms with Crippen LogP contribution in [-0.4, -0.2) is 54.8 Å². The quantitative estimate of drug-likeness (QED) is 0.438. The highest BCUT2D eigenvalue weighted by atomic mass is 32.2. The molecule has 0 aromatic rings. The normalized spacial score (nSPS) is 54.0. The standard InChI is InChI=1S/C6H10O6S2/c7-1-3(9)13-5(11-1)6-12-2(8)4(10)14-6/h1-10H/t1-,2+,3-,4+,5-,6+. The van der Waals surface area contributed by atoms with Crippen molar-refractivity contribution in [3.8, 4) is 0 Å². The molecule has 0 unspecified atom stereocenters. The van der Waals surface area contributed by atoms with Gasteiger partial charge in [-0.15, -0.1) is 0 Å². The first-order valence-corrected chi connectivity index (χ1v) is 5.80. The lowest BCUT2D eigenvalue weighted by Gasteiger charge is -2.14. The van der Waals surface area contributed by atoms with E-state index in [2.05, 4.69) is 0 Å². The van der Waals surface area contributed by atoms with E-state index in [0.29, 0.717) is 0 Å². The van der Waals surface area contributed by atoms with Crippen LogP contribution in [0.5, 0.6) is 0 Å². The van der Waals surface area contributed by atoms with Crippen LogP contribution in [0.15, 0.2) is 0 Å². The Morgan fingerprint density at radius 3 is 1.29 bits per heavy atom. The molecular weight excluding hydrogens is 232 g/mol. The summed E-state index contributed by atoms with van der Waals surface area (Å²) in [5.74, 6) is 0. The van der Waals surface area contributed by atoms with E-state index in [1.807, 2.05) is 0 Å². The average molecular weight is 242 g/mol. The zero-order valence-corrected chi connectivity index (χ0v) is 8.52. The fourth-order valence-corrected chi connectivity index (χ4v) is 3.21. The van der Waals surface area contributed by atoms with Gasteiger partial charge in [0.25, 0.3) is 0 Å². The number of thioether (sulfide) groups is 2. The first kappa shape index (κ1) is 11.0. The summed E-state index contributed by atoms with van der Waals surface area (Å²) in [7, 11) is 0. The van der Waals surface area contributed by atoms with Crippen LogP contribution in [-0.2, 0) is 9.47 Å². The molecule has 2 aliphatic rings. The van der Waals surface area contributed by atoms with Crippen molar-refractivity contribution in [1.29, 1.82) is 0 Å². The second-order valence-corrected chi connectivity index (χ2v) is 5.28. The van der Waals surface area contributed by atoms with Gasteiger partial charge < -0.3 is 29.9 Å². The smallest absolute Gasteiger partial charge is 0.192 e. The number of aliphatic hydroxyl groups excluding tert-OH is 4. The van der Waals surface area contributed by atoms with E-state index in [4.69, 9.17) is 29.9 Å². The van der Waals surface area contributed by atoms with Gasteiger partial charge in [0, 0.05) is 0 Å². The van der Waals surface area contributed by atoms with Crippen molar-refractivity contribution >= 4 is 23.5 Å². The third-order valence-corrected chi connectivity index (χ3v) is 4.25. The van der Waals surface area contributed by atoms with Crippen molar-refractivity contribution in [1.82, 2.24) is 0 Å². The van der Waals surface area contributed by atoms with Crippen LogP contribution in [0.1, 0.15) is 0 Å². The van der Waals surface area contributed by atoms with Crippen LogP contribution in [0.3, 0.4) is 0 Å². The molecule has 2 rings (SSSR count). The molecule has 82 valence electrons. The summed E-state index contributed by atoms with van der Waals surface area (Å²) in [4.78, 5) is 0. The average Bonchev–Trinajstić information content (AvgIpc) is 2.60. The van der Waals surface area contributed by atoms with E-state index >= 15 is 0 Å². The van der Waals surface area contributed by atoms with Crippen molar-refractivity contribution in [2.24, 2.45) is 0 Å². The molecule has 2 aliphatic heterocycles. The first-order chi connectivity index (χ1) is 6.58. The second kappa shape index (κ2) is 4.14. The molecule has 0 radical (unpaired) electrons.